The van der Waals surface area contributed by atoms with Gasteiger partial charge in [0.05, 0.1) is 12.5 Å². The molecule has 2 fully saturated rings. The van der Waals surface area contributed by atoms with Crippen molar-refractivity contribution in [1.82, 2.24) is 4.90 Å². The smallest absolute Gasteiger partial charge is 0.228 e. The Kier molecular flexibility index (Phi) is 4.56. The van der Waals surface area contributed by atoms with Crippen LogP contribution < -0.4 is 4.90 Å². The Bertz CT molecular complexity index is 597. The van der Waals surface area contributed by atoms with Gasteiger partial charge in [0.1, 0.15) is 0 Å². The minimum Gasteiger partial charge on any atom is -0.381 e. The highest BCUT2D eigenvalue weighted by Gasteiger charge is 2.30. The van der Waals surface area contributed by atoms with Gasteiger partial charge in [-0.15, -0.1) is 0 Å². The number of anilines is 1. The summed E-state index contributed by atoms with van der Waals surface area (Å²) in [6.07, 6.45) is 8.57. The second kappa shape index (κ2) is 6.98. The molecule has 0 spiro atoms. The molecule has 0 radical (unpaired) electrons. The van der Waals surface area contributed by atoms with E-state index in [1.54, 1.807) is 0 Å². The van der Waals surface area contributed by atoms with Crippen LogP contribution in [-0.4, -0.2) is 43.7 Å². The Morgan fingerprint density at radius 1 is 1.04 bits per heavy atom. The number of hydrogen-bond donors (Lipinski definition) is 0. The van der Waals surface area contributed by atoms with Crippen molar-refractivity contribution >= 4 is 11.6 Å². The third-order valence-corrected chi connectivity index (χ3v) is 5.60. The molecule has 0 N–H and O–H groups in total. The highest BCUT2D eigenvalue weighted by Crippen LogP contribution is 2.31. The number of benzene rings is 1. The molecule has 1 aromatic rings. The lowest BCUT2D eigenvalue weighted by molar-refractivity contribution is -0.136. The predicted molar refractivity (Wildman–Crippen MR) is 95.0 cm³/mol. The minimum atomic E-state index is 0.106. The highest BCUT2D eigenvalue weighted by molar-refractivity contribution is 5.79. The quantitative estimate of drug-likeness (QED) is 0.855. The number of nitrogens with zero attached hydrogens (tertiary/aromatic N) is 2. The van der Waals surface area contributed by atoms with Gasteiger partial charge in [0.2, 0.25) is 5.91 Å². The maximum absolute atomic E-state index is 12.5. The third kappa shape index (κ3) is 3.20. The topological polar surface area (TPSA) is 32.8 Å². The van der Waals surface area contributed by atoms with Crippen LogP contribution in [-0.2, 0) is 9.53 Å². The first-order valence-corrected chi connectivity index (χ1v) is 9.21. The van der Waals surface area contributed by atoms with Gasteiger partial charge in [0.25, 0.3) is 0 Å². The minimum absolute atomic E-state index is 0.106. The Labute approximate surface area is 144 Å². The Hall–Kier alpha value is -1.81. The lowest BCUT2D eigenvalue weighted by atomic mass is 9.89. The van der Waals surface area contributed by atoms with Crippen molar-refractivity contribution in [3.63, 3.8) is 0 Å². The number of amides is 1. The summed E-state index contributed by atoms with van der Waals surface area (Å²) < 4.78 is 5.36. The fourth-order valence-corrected chi connectivity index (χ4v) is 4.06. The maximum atomic E-state index is 12.5. The molecule has 0 aliphatic carbocycles. The molecule has 1 aromatic carbocycles. The van der Waals surface area contributed by atoms with E-state index in [-0.39, 0.29) is 5.92 Å². The van der Waals surface area contributed by atoms with E-state index in [4.69, 9.17) is 4.74 Å². The average Bonchev–Trinajstić information content (AvgIpc) is 3.35. The van der Waals surface area contributed by atoms with Gasteiger partial charge in [0.15, 0.2) is 0 Å². The summed E-state index contributed by atoms with van der Waals surface area (Å²) >= 11 is 0. The van der Waals surface area contributed by atoms with E-state index in [1.165, 1.54) is 11.3 Å². The summed E-state index contributed by atoms with van der Waals surface area (Å²) in [5, 5.41) is 0. The van der Waals surface area contributed by atoms with Crippen LogP contribution in [0.25, 0.3) is 0 Å². The third-order valence-electron chi connectivity index (χ3n) is 5.60. The second-order valence-corrected chi connectivity index (χ2v) is 7.12. The second-order valence-electron chi connectivity index (χ2n) is 7.12. The number of likely N-dealkylation sites (tertiary alicyclic amines) is 1. The highest BCUT2D eigenvalue weighted by atomic mass is 16.5. The molecule has 4 nitrogen and oxygen atoms in total. The van der Waals surface area contributed by atoms with Crippen molar-refractivity contribution in [2.24, 2.45) is 5.92 Å². The number of rotatable bonds is 3. The van der Waals surface area contributed by atoms with Gasteiger partial charge in [-0.1, -0.05) is 18.2 Å². The molecule has 1 unspecified atom stereocenters. The zero-order valence-corrected chi connectivity index (χ0v) is 14.2. The van der Waals surface area contributed by atoms with E-state index in [0.717, 1.165) is 51.9 Å². The molecule has 0 bridgehead atoms. The van der Waals surface area contributed by atoms with Crippen LogP contribution in [0.15, 0.2) is 36.5 Å². The molecule has 0 aromatic heterocycles. The molecular formula is C20H26N2O2. The Morgan fingerprint density at radius 2 is 1.83 bits per heavy atom. The molecule has 2 saturated heterocycles. The molecule has 4 heteroatoms. The lowest BCUT2D eigenvalue weighted by Gasteiger charge is -2.33. The number of hydrogen-bond acceptors (Lipinski definition) is 3. The molecule has 1 atom stereocenters. The van der Waals surface area contributed by atoms with Gasteiger partial charge in [-0.2, -0.15) is 0 Å². The van der Waals surface area contributed by atoms with E-state index < -0.39 is 0 Å². The van der Waals surface area contributed by atoms with Crippen LogP contribution in [0.1, 0.15) is 37.2 Å². The SMILES string of the molecule is O=C(C1CCOC1)N1CCC(c2ccc(N3C=CCC3)cc2)CC1. The molecule has 24 heavy (non-hydrogen) atoms. The summed E-state index contributed by atoms with van der Waals surface area (Å²) in [5.74, 6) is 0.994. The van der Waals surface area contributed by atoms with Crippen molar-refractivity contribution in [2.45, 2.75) is 31.6 Å². The largest absolute Gasteiger partial charge is 0.381 e. The maximum Gasteiger partial charge on any atom is 0.228 e. The first-order valence-electron chi connectivity index (χ1n) is 9.21. The van der Waals surface area contributed by atoms with Crippen LogP contribution in [0.3, 0.4) is 0 Å². The van der Waals surface area contributed by atoms with Gasteiger partial charge >= 0.3 is 0 Å². The molecule has 4 rings (SSSR count). The van der Waals surface area contributed by atoms with Gasteiger partial charge in [-0.3, -0.25) is 4.79 Å². The van der Waals surface area contributed by atoms with Crippen molar-refractivity contribution in [3.8, 4) is 0 Å². The molecule has 128 valence electrons. The molecule has 1 amide bonds. The van der Waals surface area contributed by atoms with Gasteiger partial charge < -0.3 is 14.5 Å². The van der Waals surface area contributed by atoms with Crippen molar-refractivity contribution in [2.75, 3.05) is 37.7 Å². The van der Waals surface area contributed by atoms with E-state index >= 15 is 0 Å². The summed E-state index contributed by atoms with van der Waals surface area (Å²) in [5.41, 5.74) is 2.69. The van der Waals surface area contributed by atoms with Gasteiger partial charge in [-0.05, 0) is 49.3 Å². The Morgan fingerprint density at radius 3 is 2.46 bits per heavy atom. The van der Waals surface area contributed by atoms with Crippen LogP contribution in [0, 0.1) is 5.92 Å². The van der Waals surface area contributed by atoms with E-state index in [2.05, 4.69) is 46.3 Å². The summed E-state index contributed by atoms with van der Waals surface area (Å²) in [4.78, 5) is 16.8. The van der Waals surface area contributed by atoms with Crippen LogP contribution in [0.2, 0.25) is 0 Å². The summed E-state index contributed by atoms with van der Waals surface area (Å²) in [7, 11) is 0. The standard InChI is InChI=1S/C20H26N2O2/c23-20(18-9-14-24-15-18)22-12-7-17(8-13-22)16-3-5-19(6-4-16)21-10-1-2-11-21/h1,3-6,10,17-18H,2,7-9,11-15H2. The van der Waals surface area contributed by atoms with Gasteiger partial charge in [0, 0.05) is 38.1 Å². The summed E-state index contributed by atoms with van der Waals surface area (Å²) in [6, 6.07) is 9.01. The van der Waals surface area contributed by atoms with E-state index in [0.29, 0.717) is 18.4 Å². The molecule has 3 heterocycles. The van der Waals surface area contributed by atoms with Crippen molar-refractivity contribution in [1.29, 1.82) is 0 Å². The van der Waals surface area contributed by atoms with Crippen molar-refractivity contribution in [3.05, 3.63) is 42.1 Å². The molecular weight excluding hydrogens is 300 g/mol. The fraction of sp³-hybridized carbons (Fsp3) is 0.550. The average molecular weight is 326 g/mol. The zero-order valence-electron chi connectivity index (χ0n) is 14.2. The number of piperidine rings is 1. The molecule has 3 aliphatic rings. The zero-order chi connectivity index (χ0) is 16.4. The van der Waals surface area contributed by atoms with Gasteiger partial charge in [-0.25, -0.2) is 0 Å². The predicted octanol–water partition coefficient (Wildman–Crippen LogP) is 3.15. The lowest BCUT2D eigenvalue weighted by Crippen LogP contribution is -2.41. The molecule has 0 saturated carbocycles. The normalized spacial score (nSPS) is 24.8. The first-order chi connectivity index (χ1) is 11.8. The van der Waals surface area contributed by atoms with E-state index in [9.17, 15) is 4.79 Å². The summed E-state index contributed by atoms with van der Waals surface area (Å²) in [6.45, 7) is 4.22. The van der Waals surface area contributed by atoms with Crippen LogP contribution in [0.4, 0.5) is 5.69 Å². The number of ether oxygens (including phenoxy) is 1. The number of carbonyl (C=O) groups is 1. The van der Waals surface area contributed by atoms with E-state index in [1.807, 2.05) is 0 Å². The van der Waals surface area contributed by atoms with Crippen LogP contribution >= 0.6 is 0 Å². The molecule has 3 aliphatic heterocycles. The Balaban J connectivity index is 1.33. The van der Waals surface area contributed by atoms with Crippen molar-refractivity contribution < 1.29 is 9.53 Å². The fourth-order valence-electron chi connectivity index (χ4n) is 4.06. The van der Waals surface area contributed by atoms with Crippen LogP contribution in [0.5, 0.6) is 0 Å². The number of carbonyl (C=O) groups excluding carboxylic acids is 1. The monoisotopic (exact) mass is 326 g/mol. The first kappa shape index (κ1) is 15.7.